The third-order valence-electron chi connectivity index (χ3n) is 5.11. The number of aromatic amines is 1. The van der Waals surface area contributed by atoms with Crippen molar-refractivity contribution in [1.82, 2.24) is 29.7 Å². The highest BCUT2D eigenvalue weighted by Crippen LogP contribution is 2.34. The number of benzene rings is 1. The Morgan fingerprint density at radius 3 is 2.96 bits per heavy atom. The summed E-state index contributed by atoms with van der Waals surface area (Å²) in [6.45, 7) is 4.18. The van der Waals surface area contributed by atoms with E-state index in [0.29, 0.717) is 17.6 Å². The topological polar surface area (TPSA) is 96.3 Å². The number of nitrogens with zero attached hydrogens (tertiary/aromatic N) is 5. The number of H-pyrrole nitrogens is 1. The van der Waals surface area contributed by atoms with Gasteiger partial charge in [0.2, 0.25) is 5.95 Å². The van der Waals surface area contributed by atoms with Gasteiger partial charge < -0.3 is 15.6 Å². The summed E-state index contributed by atoms with van der Waals surface area (Å²) in [5.74, 6) is 1.24. The molecule has 28 heavy (non-hydrogen) atoms. The van der Waals surface area contributed by atoms with Crippen LogP contribution in [0.15, 0.2) is 43.0 Å². The molecule has 0 bridgehead atoms. The van der Waals surface area contributed by atoms with Crippen LogP contribution in [0, 0.1) is 0 Å². The summed E-state index contributed by atoms with van der Waals surface area (Å²) in [5.41, 5.74) is 5.02. The molecule has 0 spiro atoms. The van der Waals surface area contributed by atoms with Gasteiger partial charge in [0.05, 0.1) is 24.3 Å². The van der Waals surface area contributed by atoms with Crippen molar-refractivity contribution in [2.24, 2.45) is 0 Å². The molecule has 1 aliphatic carbocycles. The van der Waals surface area contributed by atoms with Crippen molar-refractivity contribution in [2.75, 3.05) is 10.6 Å². The van der Waals surface area contributed by atoms with Crippen molar-refractivity contribution in [3.8, 4) is 0 Å². The maximum Gasteiger partial charge on any atom is 0.231 e. The first-order valence-corrected chi connectivity index (χ1v) is 9.54. The Morgan fingerprint density at radius 2 is 2.11 bits per heavy atom. The van der Waals surface area contributed by atoms with E-state index in [1.807, 2.05) is 10.9 Å². The Hall–Kier alpha value is -3.42. The zero-order valence-corrected chi connectivity index (χ0v) is 15.8. The van der Waals surface area contributed by atoms with Crippen molar-refractivity contribution in [3.63, 3.8) is 0 Å². The van der Waals surface area contributed by atoms with Crippen molar-refractivity contribution in [2.45, 2.75) is 38.8 Å². The number of rotatable bonds is 5. The number of hydrogen-bond donors (Lipinski definition) is 3. The summed E-state index contributed by atoms with van der Waals surface area (Å²) >= 11 is 0. The second-order valence-electron chi connectivity index (χ2n) is 7.36. The normalized spacial score (nSPS) is 15.9. The number of hydrogen-bond acceptors (Lipinski definition) is 6. The number of fused-ring (bicyclic) bond motifs is 2. The van der Waals surface area contributed by atoms with Crippen molar-refractivity contribution in [3.05, 3.63) is 54.1 Å². The lowest BCUT2D eigenvalue weighted by Gasteiger charge is -2.15. The molecule has 1 aromatic carbocycles. The van der Waals surface area contributed by atoms with Crippen molar-refractivity contribution >= 4 is 28.6 Å². The highest BCUT2D eigenvalue weighted by atomic mass is 15.3. The van der Waals surface area contributed by atoms with E-state index in [-0.39, 0.29) is 6.04 Å². The first kappa shape index (κ1) is 16.7. The smallest absolute Gasteiger partial charge is 0.231 e. The van der Waals surface area contributed by atoms with E-state index in [9.17, 15) is 0 Å². The maximum atomic E-state index is 4.71. The predicted molar refractivity (Wildman–Crippen MR) is 109 cm³/mol. The summed E-state index contributed by atoms with van der Waals surface area (Å²) in [5, 5.41) is 11.2. The van der Waals surface area contributed by atoms with Gasteiger partial charge in [-0.05, 0) is 37.8 Å². The second kappa shape index (κ2) is 6.63. The molecule has 1 unspecified atom stereocenters. The summed E-state index contributed by atoms with van der Waals surface area (Å²) in [4.78, 5) is 16.7. The van der Waals surface area contributed by atoms with E-state index < -0.39 is 0 Å². The molecule has 0 fully saturated rings. The van der Waals surface area contributed by atoms with Gasteiger partial charge in [-0.2, -0.15) is 15.1 Å². The fraction of sp³-hybridized carbons (Fsp3) is 0.300. The zero-order valence-electron chi connectivity index (χ0n) is 15.8. The minimum atomic E-state index is 0.225. The van der Waals surface area contributed by atoms with Crippen LogP contribution in [0.2, 0.25) is 0 Å². The van der Waals surface area contributed by atoms with E-state index >= 15 is 0 Å². The van der Waals surface area contributed by atoms with Gasteiger partial charge in [-0.1, -0.05) is 24.3 Å². The average molecular weight is 374 g/mol. The monoisotopic (exact) mass is 374 g/mol. The molecule has 5 rings (SSSR count). The zero-order chi connectivity index (χ0) is 19.1. The fourth-order valence-electron chi connectivity index (χ4n) is 3.68. The van der Waals surface area contributed by atoms with E-state index in [2.05, 4.69) is 68.8 Å². The molecule has 3 aromatic heterocycles. The van der Waals surface area contributed by atoms with Gasteiger partial charge >= 0.3 is 0 Å². The highest BCUT2D eigenvalue weighted by molar-refractivity contribution is 5.84. The van der Waals surface area contributed by atoms with E-state index in [4.69, 9.17) is 4.98 Å². The van der Waals surface area contributed by atoms with Gasteiger partial charge in [-0.15, -0.1) is 0 Å². The SMILES string of the molecule is CC(C)n1cc(Nc2nc(NC3CCc4ccccc43)c3nc[nH]c3n2)cn1. The Kier molecular flexibility index (Phi) is 3.96. The van der Waals surface area contributed by atoms with Crippen molar-refractivity contribution < 1.29 is 0 Å². The lowest BCUT2D eigenvalue weighted by Crippen LogP contribution is -2.10. The van der Waals surface area contributed by atoms with Gasteiger partial charge in [-0.3, -0.25) is 4.68 Å². The molecule has 8 nitrogen and oxygen atoms in total. The fourth-order valence-corrected chi connectivity index (χ4v) is 3.68. The Bertz CT molecular complexity index is 1130. The quantitative estimate of drug-likeness (QED) is 0.489. The number of aryl methyl sites for hydroxylation is 1. The number of aromatic nitrogens is 6. The number of imidazole rings is 1. The Morgan fingerprint density at radius 1 is 1.21 bits per heavy atom. The summed E-state index contributed by atoms with van der Waals surface area (Å²) in [6, 6.07) is 9.08. The van der Waals surface area contributed by atoms with Gasteiger partial charge in [0.15, 0.2) is 11.5 Å². The van der Waals surface area contributed by atoms with E-state index in [1.165, 1.54) is 11.1 Å². The van der Waals surface area contributed by atoms with Crippen LogP contribution in [0.1, 0.15) is 43.5 Å². The molecule has 0 radical (unpaired) electrons. The van der Waals surface area contributed by atoms with Crippen LogP contribution >= 0.6 is 0 Å². The predicted octanol–water partition coefficient (Wildman–Crippen LogP) is 3.97. The molecule has 1 atom stereocenters. The minimum absolute atomic E-state index is 0.225. The number of nitrogens with one attached hydrogen (secondary N) is 3. The number of anilines is 3. The van der Waals surface area contributed by atoms with E-state index in [1.54, 1.807) is 12.5 Å². The molecule has 0 saturated carbocycles. The summed E-state index contributed by atoms with van der Waals surface area (Å²) < 4.78 is 1.89. The van der Waals surface area contributed by atoms with Crippen LogP contribution in [0.5, 0.6) is 0 Å². The molecule has 142 valence electrons. The third-order valence-corrected chi connectivity index (χ3v) is 5.11. The Balaban J connectivity index is 1.46. The molecule has 3 N–H and O–H groups in total. The van der Waals surface area contributed by atoms with Crippen LogP contribution in [0.25, 0.3) is 11.2 Å². The molecular formula is C20H22N8. The summed E-state index contributed by atoms with van der Waals surface area (Å²) in [6.07, 6.45) is 7.49. The minimum Gasteiger partial charge on any atom is -0.361 e. The molecule has 3 heterocycles. The molecule has 4 aromatic rings. The second-order valence-corrected chi connectivity index (χ2v) is 7.36. The first-order chi connectivity index (χ1) is 13.7. The highest BCUT2D eigenvalue weighted by Gasteiger charge is 2.23. The Labute approximate surface area is 162 Å². The van der Waals surface area contributed by atoms with Crippen molar-refractivity contribution in [1.29, 1.82) is 0 Å². The third kappa shape index (κ3) is 2.96. The maximum absolute atomic E-state index is 4.71. The largest absolute Gasteiger partial charge is 0.361 e. The van der Waals surface area contributed by atoms with Crippen LogP contribution in [-0.4, -0.2) is 29.7 Å². The lowest BCUT2D eigenvalue weighted by atomic mass is 10.1. The molecule has 8 heteroatoms. The van der Waals surface area contributed by atoms with Crippen LogP contribution in [0.4, 0.5) is 17.5 Å². The van der Waals surface area contributed by atoms with Crippen LogP contribution in [0.3, 0.4) is 0 Å². The average Bonchev–Trinajstić information content (AvgIpc) is 3.42. The molecule has 0 saturated heterocycles. The molecule has 0 aliphatic heterocycles. The van der Waals surface area contributed by atoms with Gasteiger partial charge in [-0.25, -0.2) is 4.98 Å². The standard InChI is InChI=1S/C20H22N8/c1-12(2)28-10-14(9-23-28)24-20-26-18-17(21-11-22-18)19(27-20)25-16-8-7-13-5-3-4-6-15(13)16/h3-6,9-12,16H,7-8H2,1-2H3,(H3,21,22,24,25,26,27). The van der Waals surface area contributed by atoms with Gasteiger partial charge in [0.25, 0.3) is 0 Å². The van der Waals surface area contributed by atoms with Crippen LogP contribution < -0.4 is 10.6 Å². The first-order valence-electron chi connectivity index (χ1n) is 9.54. The molecule has 0 amide bonds. The molecular weight excluding hydrogens is 352 g/mol. The lowest BCUT2D eigenvalue weighted by molar-refractivity contribution is 0.532. The van der Waals surface area contributed by atoms with Crippen LogP contribution in [-0.2, 0) is 6.42 Å². The summed E-state index contributed by atoms with van der Waals surface area (Å²) in [7, 11) is 0. The molecule has 1 aliphatic rings. The van der Waals surface area contributed by atoms with Gasteiger partial charge in [0.1, 0.15) is 5.52 Å². The van der Waals surface area contributed by atoms with E-state index in [0.717, 1.165) is 29.9 Å². The van der Waals surface area contributed by atoms with Gasteiger partial charge in [0, 0.05) is 12.2 Å².